The lowest BCUT2D eigenvalue weighted by molar-refractivity contribution is 0.590. The van der Waals surface area contributed by atoms with Crippen LogP contribution < -0.4 is 26.3 Å². The summed E-state index contributed by atoms with van der Waals surface area (Å²) in [4.78, 5) is 5.09. The van der Waals surface area contributed by atoms with Crippen molar-refractivity contribution in [3.05, 3.63) is 168 Å². The summed E-state index contributed by atoms with van der Waals surface area (Å²) in [6.07, 6.45) is 0. The molecular formula is C50H48BN3. The van der Waals surface area contributed by atoms with Gasteiger partial charge in [0, 0.05) is 51.0 Å². The first-order valence-electron chi connectivity index (χ1n) is 19.3. The average Bonchev–Trinajstić information content (AvgIpc) is 3.46. The largest absolute Gasteiger partial charge is 0.323 e. The van der Waals surface area contributed by atoms with Gasteiger partial charge in [0.1, 0.15) is 0 Å². The van der Waals surface area contributed by atoms with Crippen molar-refractivity contribution >= 4 is 57.4 Å². The van der Waals surface area contributed by atoms with E-state index < -0.39 is 0 Å². The molecule has 0 spiro atoms. The summed E-state index contributed by atoms with van der Waals surface area (Å²) in [5, 5.41) is 0. The standard InChI is InChI=1S/C50H48BN3/c1-33-31-43-46-44(32-33)54(40-29-25-37(26-30-40)50(6,7)8)47-45(35-17-11-9-12-18-35)34(2)52(38-19-13-10-14-20-38)48(47)51(46)41-21-15-16-22-42(41)53(43)39-27-23-36(24-28-39)49(3,4)5/h9-32H,1-8H3. The van der Waals surface area contributed by atoms with Gasteiger partial charge in [0.15, 0.2) is 0 Å². The molecule has 4 heteroatoms. The predicted molar refractivity (Wildman–Crippen MR) is 232 cm³/mol. The van der Waals surface area contributed by atoms with Crippen molar-refractivity contribution in [2.24, 2.45) is 0 Å². The van der Waals surface area contributed by atoms with Crippen LogP contribution in [0.3, 0.4) is 0 Å². The maximum absolute atomic E-state index is 2.58. The van der Waals surface area contributed by atoms with Crippen LogP contribution in [0, 0.1) is 13.8 Å². The number of para-hydroxylation sites is 2. The van der Waals surface area contributed by atoms with Gasteiger partial charge >= 0.3 is 0 Å². The minimum atomic E-state index is -0.00614. The molecule has 0 amide bonds. The lowest BCUT2D eigenvalue weighted by Crippen LogP contribution is -2.63. The first-order chi connectivity index (χ1) is 25.9. The Morgan fingerprint density at radius 2 is 0.981 bits per heavy atom. The van der Waals surface area contributed by atoms with Crippen molar-refractivity contribution in [1.29, 1.82) is 0 Å². The van der Waals surface area contributed by atoms with Crippen LogP contribution in [-0.4, -0.2) is 11.3 Å². The number of hydrogen-bond donors (Lipinski definition) is 0. The molecule has 0 atom stereocenters. The van der Waals surface area contributed by atoms with Crippen molar-refractivity contribution < 1.29 is 0 Å². The van der Waals surface area contributed by atoms with E-state index in [0.717, 1.165) is 5.69 Å². The number of nitrogens with zero attached hydrogens (tertiary/aromatic N) is 3. The highest BCUT2D eigenvalue weighted by Crippen LogP contribution is 2.49. The van der Waals surface area contributed by atoms with Gasteiger partial charge in [0.2, 0.25) is 0 Å². The number of benzene rings is 6. The highest BCUT2D eigenvalue weighted by Gasteiger charge is 2.47. The molecule has 0 fully saturated rings. The van der Waals surface area contributed by atoms with Crippen LogP contribution >= 0.6 is 0 Å². The fraction of sp³-hybridized carbons (Fsp3) is 0.200. The van der Waals surface area contributed by atoms with Gasteiger partial charge in [-0.15, -0.1) is 0 Å². The zero-order valence-corrected chi connectivity index (χ0v) is 32.8. The first-order valence-corrected chi connectivity index (χ1v) is 19.3. The van der Waals surface area contributed by atoms with Gasteiger partial charge in [-0.1, -0.05) is 133 Å². The first kappa shape index (κ1) is 34.1. The summed E-state index contributed by atoms with van der Waals surface area (Å²) in [7, 11) is 0. The Labute approximate surface area is 321 Å². The quantitative estimate of drug-likeness (QED) is 0.169. The second-order valence-corrected chi connectivity index (χ2v) is 17.2. The zero-order valence-electron chi connectivity index (χ0n) is 32.8. The van der Waals surface area contributed by atoms with E-state index in [1.807, 2.05) is 0 Å². The van der Waals surface area contributed by atoms with E-state index in [1.54, 1.807) is 0 Å². The molecule has 266 valence electrons. The van der Waals surface area contributed by atoms with E-state index in [2.05, 4.69) is 215 Å². The topological polar surface area (TPSA) is 11.4 Å². The second-order valence-electron chi connectivity index (χ2n) is 17.2. The third-order valence-electron chi connectivity index (χ3n) is 11.5. The second kappa shape index (κ2) is 12.4. The number of hydrogen-bond acceptors (Lipinski definition) is 2. The fourth-order valence-electron chi connectivity index (χ4n) is 8.87. The Balaban J connectivity index is 1.41. The Hall–Kier alpha value is -5.74. The third-order valence-corrected chi connectivity index (χ3v) is 11.5. The molecule has 0 N–H and O–H groups in total. The number of aromatic nitrogens is 1. The van der Waals surface area contributed by atoms with E-state index in [4.69, 9.17) is 0 Å². The molecule has 0 radical (unpaired) electrons. The molecule has 0 saturated heterocycles. The third kappa shape index (κ3) is 5.34. The van der Waals surface area contributed by atoms with Gasteiger partial charge < -0.3 is 14.4 Å². The van der Waals surface area contributed by atoms with Crippen LogP contribution in [0.25, 0.3) is 16.8 Å². The predicted octanol–water partition coefficient (Wildman–Crippen LogP) is 11.4. The maximum Gasteiger partial charge on any atom is 0.273 e. The number of anilines is 6. The minimum Gasteiger partial charge on any atom is -0.323 e. The molecule has 2 aliphatic rings. The SMILES string of the molecule is Cc1cc2c3c(c1)N(c1ccc(C(C)(C)C)cc1)c1c(-c4ccccc4)c(C)n(-c4ccccc4)c1B3c1ccccc1N2c1ccc(C(C)(C)C)cc1. The van der Waals surface area contributed by atoms with Crippen LogP contribution in [0.5, 0.6) is 0 Å². The zero-order chi connectivity index (χ0) is 37.5. The summed E-state index contributed by atoms with van der Waals surface area (Å²) in [5.74, 6) is 0. The Bertz CT molecular complexity index is 2520. The van der Waals surface area contributed by atoms with Gasteiger partial charge in [0.05, 0.1) is 5.69 Å². The summed E-state index contributed by atoms with van der Waals surface area (Å²) in [6.45, 7) is 18.3. The van der Waals surface area contributed by atoms with Gasteiger partial charge in [-0.3, -0.25) is 0 Å². The molecule has 9 rings (SSSR count). The molecule has 7 aromatic rings. The summed E-state index contributed by atoms with van der Waals surface area (Å²) >= 11 is 0. The van der Waals surface area contributed by atoms with Gasteiger partial charge in [0.25, 0.3) is 6.71 Å². The fourth-order valence-corrected chi connectivity index (χ4v) is 8.87. The summed E-state index contributed by atoms with van der Waals surface area (Å²) < 4.78 is 2.55. The number of fused-ring (bicyclic) bond motifs is 4. The lowest BCUT2D eigenvalue weighted by atomic mass is 9.34. The van der Waals surface area contributed by atoms with Gasteiger partial charge in [-0.25, -0.2) is 0 Å². The Morgan fingerprint density at radius 3 is 1.56 bits per heavy atom. The highest BCUT2D eigenvalue weighted by molar-refractivity contribution is 7.00. The number of rotatable bonds is 4. The van der Waals surface area contributed by atoms with Crippen LogP contribution in [0.4, 0.5) is 34.1 Å². The van der Waals surface area contributed by atoms with E-state index in [0.29, 0.717) is 0 Å². The molecule has 1 aromatic heterocycles. The van der Waals surface area contributed by atoms with Crippen molar-refractivity contribution in [2.45, 2.75) is 66.2 Å². The minimum absolute atomic E-state index is 0.00614. The van der Waals surface area contributed by atoms with Crippen molar-refractivity contribution in [3.8, 4) is 16.8 Å². The maximum atomic E-state index is 2.58. The molecule has 3 nitrogen and oxygen atoms in total. The molecule has 0 bridgehead atoms. The van der Waals surface area contributed by atoms with E-state index >= 15 is 0 Å². The smallest absolute Gasteiger partial charge is 0.273 e. The highest BCUT2D eigenvalue weighted by atomic mass is 15.2. The molecular weight excluding hydrogens is 653 g/mol. The van der Waals surface area contributed by atoms with Gasteiger partial charge in [-0.2, -0.15) is 0 Å². The summed E-state index contributed by atoms with van der Waals surface area (Å²) in [5.41, 5.74) is 20.1. The Kier molecular flexibility index (Phi) is 7.83. The van der Waals surface area contributed by atoms with Crippen LogP contribution in [0.2, 0.25) is 0 Å². The van der Waals surface area contributed by atoms with Crippen LogP contribution in [-0.2, 0) is 10.8 Å². The molecule has 6 aromatic carbocycles. The average molecular weight is 702 g/mol. The van der Waals surface area contributed by atoms with Crippen LogP contribution in [0.15, 0.2) is 146 Å². The van der Waals surface area contributed by atoms with E-state index in [9.17, 15) is 0 Å². The van der Waals surface area contributed by atoms with Crippen molar-refractivity contribution in [3.63, 3.8) is 0 Å². The number of aryl methyl sites for hydroxylation is 1. The normalized spacial score (nSPS) is 13.4. The van der Waals surface area contributed by atoms with E-state index in [-0.39, 0.29) is 17.5 Å². The van der Waals surface area contributed by atoms with E-state index in [1.165, 1.54) is 84.2 Å². The molecule has 0 aliphatic carbocycles. The molecule has 3 heterocycles. The molecule has 0 unspecified atom stereocenters. The van der Waals surface area contributed by atoms with Crippen molar-refractivity contribution in [2.75, 3.05) is 9.80 Å². The summed E-state index contributed by atoms with van der Waals surface area (Å²) in [6, 6.07) is 54.4. The molecule has 54 heavy (non-hydrogen) atoms. The van der Waals surface area contributed by atoms with Gasteiger partial charge in [-0.05, 0) is 112 Å². The lowest BCUT2D eigenvalue weighted by Gasteiger charge is -2.44. The Morgan fingerprint density at radius 1 is 0.481 bits per heavy atom. The molecule has 2 aliphatic heterocycles. The van der Waals surface area contributed by atoms with Crippen molar-refractivity contribution in [1.82, 2.24) is 4.57 Å². The van der Waals surface area contributed by atoms with Crippen LogP contribution in [0.1, 0.15) is 63.9 Å². The molecule has 0 saturated carbocycles. The monoisotopic (exact) mass is 701 g/mol.